The predicted octanol–water partition coefficient (Wildman–Crippen LogP) is 3.53. The minimum atomic E-state index is -1.57. The fourth-order valence-corrected chi connectivity index (χ4v) is 3.80. The zero-order chi connectivity index (χ0) is 21.6. The first kappa shape index (κ1) is 23.7. The Morgan fingerprint density at radius 1 is 1.28 bits per heavy atom. The lowest BCUT2D eigenvalue weighted by molar-refractivity contribution is -0.158. The molecule has 0 radical (unpaired) electrons. The third-order valence-electron chi connectivity index (χ3n) is 4.51. The van der Waals surface area contributed by atoms with E-state index in [0.717, 1.165) is 14.5 Å². The van der Waals surface area contributed by atoms with Gasteiger partial charge in [-0.25, -0.2) is 14.4 Å². The molecule has 0 unspecified atom stereocenters. The molecule has 1 aromatic carbocycles. The molecule has 1 amide bonds. The van der Waals surface area contributed by atoms with Crippen molar-refractivity contribution in [1.82, 2.24) is 4.90 Å². The van der Waals surface area contributed by atoms with Crippen molar-refractivity contribution in [3.05, 3.63) is 26.2 Å². The number of rotatable bonds is 7. The van der Waals surface area contributed by atoms with E-state index in [4.69, 9.17) is 18.9 Å². The summed E-state index contributed by atoms with van der Waals surface area (Å²) in [6.45, 7) is 1.99. The number of carbonyl (C=O) groups excluding carboxylic acids is 3. The number of halogens is 2. The molecule has 2 atom stereocenters. The van der Waals surface area contributed by atoms with E-state index in [0.29, 0.717) is 12.2 Å². The van der Waals surface area contributed by atoms with Crippen LogP contribution in [0, 0.1) is 3.57 Å². The van der Waals surface area contributed by atoms with Gasteiger partial charge < -0.3 is 18.9 Å². The number of carbonyl (C=O) groups is 3. The molecule has 1 aromatic rings. The van der Waals surface area contributed by atoms with Crippen molar-refractivity contribution in [3.8, 4) is 5.75 Å². The topological polar surface area (TPSA) is 91.4 Å². The molecule has 29 heavy (non-hydrogen) atoms. The molecule has 0 saturated carbocycles. The lowest BCUT2D eigenvalue weighted by Gasteiger charge is -2.28. The molecular formula is C19H23BrINO7. The van der Waals surface area contributed by atoms with E-state index in [-0.39, 0.29) is 19.6 Å². The van der Waals surface area contributed by atoms with Gasteiger partial charge in [0.15, 0.2) is 0 Å². The maximum atomic E-state index is 12.7. The van der Waals surface area contributed by atoms with Gasteiger partial charge in [0.05, 0.1) is 30.9 Å². The van der Waals surface area contributed by atoms with E-state index in [9.17, 15) is 14.4 Å². The monoisotopic (exact) mass is 583 g/mol. The number of likely N-dealkylation sites (tertiary alicyclic amines) is 1. The summed E-state index contributed by atoms with van der Waals surface area (Å²) in [7, 11) is 2.45. The highest BCUT2D eigenvalue weighted by molar-refractivity contribution is 14.1. The zero-order valence-corrected chi connectivity index (χ0v) is 20.1. The van der Waals surface area contributed by atoms with Crippen molar-refractivity contribution < 1.29 is 33.3 Å². The first-order valence-electron chi connectivity index (χ1n) is 9.01. The standard InChI is InChI=1S/C19H23BrINO7/c1-4-5-8-28-18(25)22-11-19(17(24)27-3,10-14(22)16(23)26-2)29-15-9-12(20)6-7-13(15)21/h6-7,9,14H,4-5,8,10-11H2,1-3H3/t14-,19+/m0/s1. The molecule has 0 aromatic heterocycles. The summed E-state index contributed by atoms with van der Waals surface area (Å²) in [5.41, 5.74) is -1.57. The Morgan fingerprint density at radius 2 is 2.00 bits per heavy atom. The molecule has 1 aliphatic rings. The Balaban J connectivity index is 2.38. The Labute approximate surface area is 191 Å². The van der Waals surface area contributed by atoms with Crippen LogP contribution in [0.4, 0.5) is 4.79 Å². The van der Waals surface area contributed by atoms with E-state index in [1.54, 1.807) is 6.07 Å². The van der Waals surface area contributed by atoms with Crippen molar-refractivity contribution in [1.29, 1.82) is 0 Å². The largest absolute Gasteiger partial charge is 0.472 e. The van der Waals surface area contributed by atoms with Crippen molar-refractivity contribution in [2.45, 2.75) is 37.8 Å². The lowest BCUT2D eigenvalue weighted by atomic mass is 10.00. The molecule has 1 aliphatic heterocycles. The minimum Gasteiger partial charge on any atom is -0.472 e. The van der Waals surface area contributed by atoms with Crippen LogP contribution in [-0.4, -0.2) is 61.9 Å². The molecule has 8 nitrogen and oxygen atoms in total. The Kier molecular flexibility index (Phi) is 8.56. The van der Waals surface area contributed by atoms with Crippen LogP contribution in [0.3, 0.4) is 0 Å². The van der Waals surface area contributed by atoms with Crippen LogP contribution >= 0.6 is 38.5 Å². The van der Waals surface area contributed by atoms with E-state index in [2.05, 4.69) is 38.5 Å². The number of methoxy groups -OCH3 is 2. The van der Waals surface area contributed by atoms with Gasteiger partial charge in [-0.3, -0.25) is 4.90 Å². The van der Waals surface area contributed by atoms with Crippen LogP contribution in [0.15, 0.2) is 22.7 Å². The third-order valence-corrected chi connectivity index (χ3v) is 5.90. The van der Waals surface area contributed by atoms with Gasteiger partial charge in [0, 0.05) is 10.9 Å². The fraction of sp³-hybridized carbons (Fsp3) is 0.526. The van der Waals surface area contributed by atoms with Gasteiger partial charge in [0.2, 0.25) is 5.60 Å². The Morgan fingerprint density at radius 3 is 2.62 bits per heavy atom. The van der Waals surface area contributed by atoms with Crippen molar-refractivity contribution in [3.63, 3.8) is 0 Å². The smallest absolute Gasteiger partial charge is 0.410 e. The van der Waals surface area contributed by atoms with Crippen LogP contribution in [0.1, 0.15) is 26.2 Å². The number of amides is 1. The first-order valence-corrected chi connectivity index (χ1v) is 10.9. The van der Waals surface area contributed by atoms with E-state index < -0.39 is 29.7 Å². The lowest BCUT2D eigenvalue weighted by Crippen LogP contribution is -2.48. The highest BCUT2D eigenvalue weighted by Crippen LogP contribution is 2.37. The Hall–Kier alpha value is -1.56. The average molecular weight is 584 g/mol. The van der Waals surface area contributed by atoms with Crippen molar-refractivity contribution in [2.75, 3.05) is 27.4 Å². The zero-order valence-electron chi connectivity index (χ0n) is 16.4. The predicted molar refractivity (Wildman–Crippen MR) is 116 cm³/mol. The van der Waals surface area contributed by atoms with Crippen LogP contribution in [-0.2, 0) is 23.8 Å². The summed E-state index contributed by atoms with van der Waals surface area (Å²) in [6.07, 6.45) is 0.728. The van der Waals surface area contributed by atoms with Crippen LogP contribution in [0.25, 0.3) is 0 Å². The maximum absolute atomic E-state index is 12.7. The van der Waals surface area contributed by atoms with E-state index >= 15 is 0 Å². The highest BCUT2D eigenvalue weighted by atomic mass is 127. The fourth-order valence-electron chi connectivity index (χ4n) is 3.01. The van der Waals surface area contributed by atoms with Gasteiger partial charge in [-0.2, -0.15) is 0 Å². The number of ether oxygens (including phenoxy) is 4. The van der Waals surface area contributed by atoms with Crippen molar-refractivity contribution in [2.24, 2.45) is 0 Å². The summed E-state index contributed by atoms with van der Waals surface area (Å²) >= 11 is 5.45. The second-order valence-corrected chi connectivity index (χ2v) is 8.58. The minimum absolute atomic E-state index is 0.113. The second kappa shape index (κ2) is 10.5. The Bertz CT molecular complexity index is 775. The van der Waals surface area contributed by atoms with E-state index in [1.807, 2.05) is 19.1 Å². The van der Waals surface area contributed by atoms with Gasteiger partial charge in [-0.1, -0.05) is 29.3 Å². The van der Waals surface area contributed by atoms with Gasteiger partial charge in [0.25, 0.3) is 0 Å². The second-order valence-electron chi connectivity index (χ2n) is 6.50. The van der Waals surface area contributed by atoms with Crippen LogP contribution in [0.2, 0.25) is 0 Å². The molecule has 1 heterocycles. The third kappa shape index (κ3) is 5.53. The quantitative estimate of drug-likeness (QED) is 0.210. The SMILES string of the molecule is CCCCOC(=O)N1C[C@@](Oc2cc(Br)ccc2I)(C(=O)OC)C[C@H]1C(=O)OC. The van der Waals surface area contributed by atoms with Crippen molar-refractivity contribution >= 4 is 56.6 Å². The van der Waals surface area contributed by atoms with Gasteiger partial charge in [-0.15, -0.1) is 0 Å². The summed E-state index contributed by atoms with van der Waals surface area (Å²) in [5.74, 6) is -0.919. The number of benzene rings is 1. The molecule has 1 fully saturated rings. The number of hydrogen-bond donors (Lipinski definition) is 0. The van der Waals surface area contributed by atoms with Gasteiger partial charge >= 0.3 is 18.0 Å². The average Bonchev–Trinajstić information content (AvgIpc) is 3.10. The normalized spacial score (nSPS) is 20.9. The number of nitrogens with zero attached hydrogens (tertiary/aromatic N) is 1. The summed E-state index contributed by atoms with van der Waals surface area (Å²) in [4.78, 5) is 38.8. The highest BCUT2D eigenvalue weighted by Gasteiger charge is 2.57. The molecule has 0 bridgehead atoms. The number of hydrogen-bond acceptors (Lipinski definition) is 7. The molecule has 0 spiro atoms. The summed E-state index contributed by atoms with van der Waals surface area (Å²) in [6, 6.07) is 4.33. The molecule has 0 aliphatic carbocycles. The number of unbranched alkanes of at least 4 members (excludes halogenated alkanes) is 1. The number of esters is 2. The van der Waals surface area contributed by atoms with Gasteiger partial charge in [0.1, 0.15) is 11.8 Å². The molecule has 0 N–H and O–H groups in total. The molecule has 160 valence electrons. The van der Waals surface area contributed by atoms with Crippen LogP contribution < -0.4 is 4.74 Å². The van der Waals surface area contributed by atoms with Crippen LogP contribution in [0.5, 0.6) is 5.75 Å². The molecular weight excluding hydrogens is 561 g/mol. The molecule has 1 saturated heterocycles. The first-order chi connectivity index (χ1) is 13.8. The summed E-state index contributed by atoms with van der Waals surface area (Å²) < 4.78 is 22.6. The summed E-state index contributed by atoms with van der Waals surface area (Å²) in [5, 5.41) is 0. The maximum Gasteiger partial charge on any atom is 0.410 e. The molecule has 2 rings (SSSR count). The molecule has 10 heteroatoms. The van der Waals surface area contributed by atoms with Gasteiger partial charge in [-0.05, 0) is 47.2 Å². The van der Waals surface area contributed by atoms with E-state index in [1.165, 1.54) is 19.1 Å².